The molecule has 1 saturated carbocycles. The molecule has 0 amide bonds. The van der Waals surface area contributed by atoms with Gasteiger partial charge in [-0.15, -0.1) is 0 Å². The summed E-state index contributed by atoms with van der Waals surface area (Å²) in [6.45, 7) is 4.64. The summed E-state index contributed by atoms with van der Waals surface area (Å²) in [5.41, 5.74) is 7.23. The second kappa shape index (κ2) is 3.72. The van der Waals surface area contributed by atoms with E-state index in [9.17, 15) is 0 Å². The molecule has 1 aromatic rings. The zero-order valence-electron chi connectivity index (χ0n) is 9.46. The molecule has 1 aliphatic carbocycles. The van der Waals surface area contributed by atoms with E-state index in [1.54, 1.807) is 6.20 Å². The van der Waals surface area contributed by atoms with Crippen molar-refractivity contribution >= 4 is 11.5 Å². The van der Waals surface area contributed by atoms with Gasteiger partial charge in [0, 0.05) is 12.2 Å². The Balaban J connectivity index is 2.02. The molecule has 3 nitrogen and oxygen atoms in total. The van der Waals surface area contributed by atoms with Gasteiger partial charge in [-0.1, -0.05) is 13.8 Å². The first kappa shape index (κ1) is 10.3. The van der Waals surface area contributed by atoms with Crippen LogP contribution in [0.5, 0.6) is 0 Å². The van der Waals surface area contributed by atoms with Crippen molar-refractivity contribution in [2.75, 3.05) is 11.1 Å². The Bertz CT molecular complexity index is 346. The average Bonchev–Trinajstić information content (AvgIpc) is 2.50. The van der Waals surface area contributed by atoms with Crippen molar-refractivity contribution in [2.24, 2.45) is 5.41 Å². The lowest BCUT2D eigenvalue weighted by atomic mass is 9.92. The molecule has 0 spiro atoms. The molecule has 15 heavy (non-hydrogen) atoms. The summed E-state index contributed by atoms with van der Waals surface area (Å²) in [6, 6.07) is 4.46. The highest BCUT2D eigenvalue weighted by Gasteiger charge is 2.30. The third-order valence-electron chi connectivity index (χ3n) is 3.17. The molecule has 1 heterocycles. The van der Waals surface area contributed by atoms with Gasteiger partial charge in [-0.3, -0.25) is 0 Å². The van der Waals surface area contributed by atoms with Crippen LogP contribution in [0.2, 0.25) is 0 Å². The molecule has 0 saturated heterocycles. The lowest BCUT2D eigenvalue weighted by Crippen LogP contribution is -2.18. The number of nitrogen functional groups attached to an aromatic ring is 1. The van der Waals surface area contributed by atoms with Gasteiger partial charge in [0.05, 0.1) is 5.69 Å². The number of anilines is 2. The average molecular weight is 205 g/mol. The first-order valence-electron chi connectivity index (χ1n) is 5.54. The Morgan fingerprint density at radius 3 is 2.93 bits per heavy atom. The van der Waals surface area contributed by atoms with Crippen molar-refractivity contribution in [3.8, 4) is 0 Å². The minimum atomic E-state index is 0.467. The second-order valence-electron chi connectivity index (χ2n) is 5.18. The molecule has 0 bridgehead atoms. The number of nitrogens with zero attached hydrogens (tertiary/aromatic N) is 1. The van der Waals surface area contributed by atoms with E-state index >= 15 is 0 Å². The molecule has 1 unspecified atom stereocenters. The highest BCUT2D eigenvalue weighted by molar-refractivity contribution is 5.61. The number of nitrogens with two attached hydrogens (primary N) is 1. The number of hydrogen-bond donors (Lipinski definition) is 2. The van der Waals surface area contributed by atoms with Crippen LogP contribution < -0.4 is 11.1 Å². The van der Waals surface area contributed by atoms with Crippen LogP contribution in [0.25, 0.3) is 0 Å². The van der Waals surface area contributed by atoms with E-state index in [0.717, 1.165) is 5.69 Å². The molecule has 3 N–H and O–H groups in total. The van der Waals surface area contributed by atoms with Crippen molar-refractivity contribution in [1.82, 2.24) is 4.98 Å². The van der Waals surface area contributed by atoms with E-state index in [0.29, 0.717) is 17.3 Å². The summed E-state index contributed by atoms with van der Waals surface area (Å²) in [7, 11) is 0. The summed E-state index contributed by atoms with van der Waals surface area (Å²) in [5.74, 6) is 0.599. The van der Waals surface area contributed by atoms with Crippen LogP contribution in [0.1, 0.15) is 33.1 Å². The zero-order valence-corrected chi connectivity index (χ0v) is 9.46. The quantitative estimate of drug-likeness (QED) is 0.780. The highest BCUT2D eigenvalue weighted by atomic mass is 15.0. The Morgan fingerprint density at radius 1 is 1.53 bits per heavy atom. The molecular formula is C12H19N3. The number of pyridine rings is 1. The zero-order chi connectivity index (χ0) is 10.9. The summed E-state index contributed by atoms with van der Waals surface area (Å²) < 4.78 is 0. The van der Waals surface area contributed by atoms with Crippen LogP contribution in [0.4, 0.5) is 11.5 Å². The van der Waals surface area contributed by atoms with Gasteiger partial charge in [-0.05, 0) is 36.8 Å². The first-order valence-corrected chi connectivity index (χ1v) is 5.54. The molecular weight excluding hydrogens is 186 g/mol. The molecule has 1 aliphatic rings. The van der Waals surface area contributed by atoms with E-state index in [4.69, 9.17) is 5.73 Å². The normalized spacial score (nSPS) is 24.0. The van der Waals surface area contributed by atoms with Gasteiger partial charge in [-0.25, -0.2) is 4.98 Å². The maximum Gasteiger partial charge on any atom is 0.146 e. The third-order valence-corrected chi connectivity index (χ3v) is 3.17. The van der Waals surface area contributed by atoms with E-state index in [1.165, 1.54) is 19.3 Å². The summed E-state index contributed by atoms with van der Waals surface area (Å²) >= 11 is 0. The summed E-state index contributed by atoms with van der Waals surface area (Å²) in [5, 5.41) is 3.48. The Kier molecular flexibility index (Phi) is 2.55. The largest absolute Gasteiger partial charge is 0.382 e. The van der Waals surface area contributed by atoms with Crippen LogP contribution in [0.15, 0.2) is 18.3 Å². The smallest absolute Gasteiger partial charge is 0.146 e. The van der Waals surface area contributed by atoms with Crippen molar-refractivity contribution in [2.45, 2.75) is 39.2 Å². The van der Waals surface area contributed by atoms with E-state index in [1.807, 2.05) is 12.1 Å². The molecule has 1 aromatic heterocycles. The molecule has 1 atom stereocenters. The third kappa shape index (κ3) is 2.41. The summed E-state index contributed by atoms with van der Waals surface area (Å²) in [4.78, 5) is 4.07. The van der Waals surface area contributed by atoms with Crippen molar-refractivity contribution < 1.29 is 0 Å². The molecule has 2 rings (SSSR count). The SMILES string of the molecule is CC1(C)CCC(Nc2cccnc2N)C1. The van der Waals surface area contributed by atoms with Gasteiger partial charge in [0.1, 0.15) is 5.82 Å². The fourth-order valence-corrected chi connectivity index (χ4v) is 2.32. The van der Waals surface area contributed by atoms with Gasteiger partial charge in [0.25, 0.3) is 0 Å². The molecule has 0 aromatic carbocycles. The van der Waals surface area contributed by atoms with Gasteiger partial charge in [0.2, 0.25) is 0 Å². The van der Waals surface area contributed by atoms with Gasteiger partial charge < -0.3 is 11.1 Å². The van der Waals surface area contributed by atoms with Crippen LogP contribution >= 0.6 is 0 Å². The lowest BCUT2D eigenvalue weighted by molar-refractivity contribution is 0.378. The standard InChI is InChI=1S/C12H19N3/c1-12(2)6-5-9(8-12)15-10-4-3-7-14-11(10)13/h3-4,7,9,15H,5-6,8H2,1-2H3,(H2,13,14). The van der Waals surface area contributed by atoms with E-state index in [2.05, 4.69) is 24.1 Å². The number of hydrogen-bond acceptors (Lipinski definition) is 3. The van der Waals surface area contributed by atoms with Crippen LogP contribution in [0, 0.1) is 5.41 Å². The number of nitrogens with one attached hydrogen (secondary N) is 1. The van der Waals surface area contributed by atoms with Crippen LogP contribution in [-0.4, -0.2) is 11.0 Å². The minimum absolute atomic E-state index is 0.467. The van der Waals surface area contributed by atoms with Crippen LogP contribution in [-0.2, 0) is 0 Å². The fourth-order valence-electron chi connectivity index (χ4n) is 2.32. The van der Waals surface area contributed by atoms with Crippen molar-refractivity contribution in [1.29, 1.82) is 0 Å². The Morgan fingerprint density at radius 2 is 2.33 bits per heavy atom. The Hall–Kier alpha value is -1.25. The molecule has 0 aliphatic heterocycles. The van der Waals surface area contributed by atoms with Gasteiger partial charge in [-0.2, -0.15) is 0 Å². The number of aromatic nitrogens is 1. The predicted molar refractivity (Wildman–Crippen MR) is 63.7 cm³/mol. The van der Waals surface area contributed by atoms with E-state index < -0.39 is 0 Å². The van der Waals surface area contributed by atoms with Gasteiger partial charge >= 0.3 is 0 Å². The number of rotatable bonds is 2. The topological polar surface area (TPSA) is 50.9 Å². The Labute approximate surface area is 91.1 Å². The van der Waals surface area contributed by atoms with Gasteiger partial charge in [0.15, 0.2) is 0 Å². The summed E-state index contributed by atoms with van der Waals surface area (Å²) in [6.07, 6.45) is 5.44. The minimum Gasteiger partial charge on any atom is -0.382 e. The second-order valence-corrected chi connectivity index (χ2v) is 5.18. The molecule has 82 valence electrons. The first-order chi connectivity index (χ1) is 7.07. The molecule has 1 fully saturated rings. The van der Waals surface area contributed by atoms with Crippen LogP contribution in [0.3, 0.4) is 0 Å². The van der Waals surface area contributed by atoms with Crippen molar-refractivity contribution in [3.63, 3.8) is 0 Å². The molecule has 0 radical (unpaired) electrons. The lowest BCUT2D eigenvalue weighted by Gasteiger charge is -2.19. The fraction of sp³-hybridized carbons (Fsp3) is 0.583. The maximum atomic E-state index is 5.79. The predicted octanol–water partition coefficient (Wildman–Crippen LogP) is 2.65. The van der Waals surface area contributed by atoms with Crippen molar-refractivity contribution in [3.05, 3.63) is 18.3 Å². The maximum absolute atomic E-state index is 5.79. The highest BCUT2D eigenvalue weighted by Crippen LogP contribution is 2.38. The molecule has 3 heteroatoms. The monoisotopic (exact) mass is 205 g/mol. The van der Waals surface area contributed by atoms with E-state index in [-0.39, 0.29) is 0 Å².